The molecule has 0 aliphatic carbocycles. The molecule has 2 heterocycles. The number of carbonyl (C=O) groups is 3. The van der Waals surface area contributed by atoms with Gasteiger partial charge in [0.2, 0.25) is 5.91 Å². The highest BCUT2D eigenvalue weighted by Crippen LogP contribution is 2.31. The molecule has 0 unspecified atom stereocenters. The standard InChI is InChI=1S/C21H20N2O6/c24-17(14-4-6-18-19(12-14)28-11-10-27-18)5-7-20(25)22-15-2-1-3-16(13-15)23-8-9-29-21(23)26/h1-4,6,12-13H,5,7-11H2,(H,22,25). The molecule has 1 N–H and O–H groups in total. The second kappa shape index (κ2) is 8.22. The Balaban J connectivity index is 1.33. The summed E-state index contributed by atoms with van der Waals surface area (Å²) in [5, 5.41) is 2.76. The first kappa shape index (κ1) is 18.8. The van der Waals surface area contributed by atoms with Crippen LogP contribution in [0, 0.1) is 0 Å². The van der Waals surface area contributed by atoms with E-state index in [-0.39, 0.29) is 24.5 Å². The topological polar surface area (TPSA) is 94.2 Å². The molecule has 0 bridgehead atoms. The second-order valence-electron chi connectivity index (χ2n) is 6.65. The third-order valence-corrected chi connectivity index (χ3v) is 4.65. The second-order valence-corrected chi connectivity index (χ2v) is 6.65. The Kier molecular flexibility index (Phi) is 5.33. The minimum absolute atomic E-state index is 0.0449. The van der Waals surface area contributed by atoms with E-state index in [1.165, 1.54) is 4.90 Å². The predicted octanol–water partition coefficient (Wildman–Crippen LogP) is 3.02. The summed E-state index contributed by atoms with van der Waals surface area (Å²) in [6, 6.07) is 12.0. The lowest BCUT2D eigenvalue weighted by molar-refractivity contribution is -0.116. The van der Waals surface area contributed by atoms with Gasteiger partial charge in [-0.15, -0.1) is 0 Å². The van der Waals surface area contributed by atoms with Gasteiger partial charge in [-0.25, -0.2) is 4.79 Å². The fourth-order valence-corrected chi connectivity index (χ4v) is 3.19. The number of amides is 2. The summed E-state index contributed by atoms with van der Waals surface area (Å²) in [5.41, 5.74) is 1.69. The number of nitrogens with one attached hydrogen (secondary N) is 1. The molecule has 0 spiro atoms. The van der Waals surface area contributed by atoms with Crippen LogP contribution < -0.4 is 19.7 Å². The molecule has 29 heavy (non-hydrogen) atoms. The molecule has 2 aromatic rings. The number of rotatable bonds is 6. The molecule has 0 atom stereocenters. The van der Waals surface area contributed by atoms with Crippen molar-refractivity contribution in [3.05, 3.63) is 48.0 Å². The van der Waals surface area contributed by atoms with Crippen LogP contribution in [-0.2, 0) is 9.53 Å². The highest BCUT2D eigenvalue weighted by molar-refractivity contribution is 6.00. The molecule has 0 aromatic heterocycles. The van der Waals surface area contributed by atoms with E-state index in [0.717, 1.165) is 0 Å². The summed E-state index contributed by atoms with van der Waals surface area (Å²) >= 11 is 0. The number of Topliss-reactive ketones (excluding diaryl/α,β-unsaturated/α-hetero) is 1. The zero-order chi connectivity index (χ0) is 20.2. The smallest absolute Gasteiger partial charge is 0.414 e. The number of ether oxygens (including phenoxy) is 3. The molecule has 0 radical (unpaired) electrons. The van der Waals surface area contributed by atoms with Crippen LogP contribution in [0.5, 0.6) is 11.5 Å². The number of hydrogen-bond acceptors (Lipinski definition) is 6. The number of nitrogens with zero attached hydrogens (tertiary/aromatic N) is 1. The summed E-state index contributed by atoms with van der Waals surface area (Å²) in [5.74, 6) is 0.735. The van der Waals surface area contributed by atoms with E-state index in [4.69, 9.17) is 14.2 Å². The van der Waals surface area contributed by atoms with Crippen molar-refractivity contribution in [2.24, 2.45) is 0 Å². The van der Waals surface area contributed by atoms with Crippen LogP contribution in [0.2, 0.25) is 0 Å². The van der Waals surface area contributed by atoms with Crippen LogP contribution in [0.3, 0.4) is 0 Å². The van der Waals surface area contributed by atoms with Crippen molar-refractivity contribution < 1.29 is 28.6 Å². The van der Waals surface area contributed by atoms with Gasteiger partial charge in [0.15, 0.2) is 17.3 Å². The SMILES string of the molecule is O=C(CCC(=O)c1ccc2c(c1)OCCO2)Nc1cccc(N2CCOC2=O)c1. The monoisotopic (exact) mass is 396 g/mol. The maximum atomic E-state index is 12.4. The van der Waals surface area contributed by atoms with Gasteiger partial charge in [-0.2, -0.15) is 0 Å². The van der Waals surface area contributed by atoms with Crippen LogP contribution in [-0.4, -0.2) is 44.1 Å². The molecule has 2 amide bonds. The normalized spacial score (nSPS) is 15.0. The summed E-state index contributed by atoms with van der Waals surface area (Å²) in [6.45, 7) is 1.75. The van der Waals surface area contributed by atoms with E-state index in [0.29, 0.717) is 54.8 Å². The lowest BCUT2D eigenvalue weighted by Crippen LogP contribution is -2.23. The van der Waals surface area contributed by atoms with Crippen LogP contribution in [0.4, 0.5) is 16.2 Å². The summed E-state index contributed by atoms with van der Waals surface area (Å²) in [4.78, 5) is 37.9. The average Bonchev–Trinajstić information content (AvgIpc) is 3.17. The minimum atomic E-state index is -0.404. The number of fused-ring (bicyclic) bond motifs is 1. The predicted molar refractivity (Wildman–Crippen MR) is 105 cm³/mol. The Bertz CT molecular complexity index is 958. The highest BCUT2D eigenvalue weighted by Gasteiger charge is 2.23. The first-order valence-electron chi connectivity index (χ1n) is 9.37. The van der Waals surface area contributed by atoms with Gasteiger partial charge >= 0.3 is 6.09 Å². The number of carbonyl (C=O) groups excluding carboxylic acids is 3. The molecule has 0 saturated carbocycles. The van der Waals surface area contributed by atoms with Gasteiger partial charge in [0, 0.05) is 29.8 Å². The van der Waals surface area contributed by atoms with Gasteiger partial charge in [-0.1, -0.05) is 6.07 Å². The molecule has 8 heteroatoms. The quantitative estimate of drug-likeness (QED) is 0.755. The molecule has 1 fully saturated rings. The molecule has 1 saturated heterocycles. The van der Waals surface area contributed by atoms with Gasteiger partial charge in [0.05, 0.1) is 6.54 Å². The van der Waals surface area contributed by atoms with E-state index >= 15 is 0 Å². The van der Waals surface area contributed by atoms with Crippen molar-refractivity contribution >= 4 is 29.2 Å². The lowest BCUT2D eigenvalue weighted by Gasteiger charge is -2.18. The summed E-state index contributed by atoms with van der Waals surface area (Å²) in [7, 11) is 0. The molecule has 2 aromatic carbocycles. The summed E-state index contributed by atoms with van der Waals surface area (Å²) < 4.78 is 15.9. The number of cyclic esters (lactones) is 1. The molecule has 4 rings (SSSR count). The van der Waals surface area contributed by atoms with Crippen molar-refractivity contribution in [2.75, 3.05) is 36.6 Å². The van der Waals surface area contributed by atoms with Crippen LogP contribution in [0.15, 0.2) is 42.5 Å². The lowest BCUT2D eigenvalue weighted by atomic mass is 10.1. The fourth-order valence-electron chi connectivity index (χ4n) is 3.19. The number of anilines is 2. The molecule has 2 aliphatic heterocycles. The Labute approximate surface area is 167 Å². The Morgan fingerprint density at radius 3 is 2.55 bits per heavy atom. The van der Waals surface area contributed by atoms with Gasteiger partial charge in [0.25, 0.3) is 0 Å². The van der Waals surface area contributed by atoms with E-state index in [2.05, 4.69) is 5.32 Å². The maximum absolute atomic E-state index is 12.4. The van der Waals surface area contributed by atoms with E-state index < -0.39 is 6.09 Å². The van der Waals surface area contributed by atoms with Gasteiger partial charge < -0.3 is 19.5 Å². The van der Waals surface area contributed by atoms with Crippen molar-refractivity contribution in [3.63, 3.8) is 0 Å². The zero-order valence-corrected chi connectivity index (χ0v) is 15.7. The molecular weight excluding hydrogens is 376 g/mol. The first-order valence-corrected chi connectivity index (χ1v) is 9.37. The van der Waals surface area contributed by atoms with Gasteiger partial charge in [-0.3, -0.25) is 14.5 Å². The fraction of sp³-hybridized carbons (Fsp3) is 0.286. The minimum Gasteiger partial charge on any atom is -0.486 e. The van der Waals surface area contributed by atoms with Gasteiger partial charge in [-0.05, 0) is 36.4 Å². The van der Waals surface area contributed by atoms with Crippen molar-refractivity contribution in [1.82, 2.24) is 0 Å². The van der Waals surface area contributed by atoms with Crippen molar-refractivity contribution in [2.45, 2.75) is 12.8 Å². The third-order valence-electron chi connectivity index (χ3n) is 4.65. The maximum Gasteiger partial charge on any atom is 0.414 e. The number of benzene rings is 2. The molecule has 150 valence electrons. The summed E-state index contributed by atoms with van der Waals surface area (Å²) in [6.07, 6.45) is -0.286. The number of ketones is 1. The van der Waals surface area contributed by atoms with Crippen LogP contribution in [0.1, 0.15) is 23.2 Å². The zero-order valence-electron chi connectivity index (χ0n) is 15.7. The largest absolute Gasteiger partial charge is 0.486 e. The Morgan fingerprint density at radius 2 is 1.76 bits per heavy atom. The average molecular weight is 396 g/mol. The van der Waals surface area contributed by atoms with Crippen molar-refractivity contribution in [3.8, 4) is 11.5 Å². The number of hydrogen-bond donors (Lipinski definition) is 1. The highest BCUT2D eigenvalue weighted by atomic mass is 16.6. The van der Waals surface area contributed by atoms with E-state index in [1.54, 1.807) is 42.5 Å². The first-order chi connectivity index (χ1) is 14.1. The van der Waals surface area contributed by atoms with E-state index in [1.807, 2.05) is 0 Å². The third kappa shape index (κ3) is 4.31. The van der Waals surface area contributed by atoms with Crippen molar-refractivity contribution in [1.29, 1.82) is 0 Å². The Hall–Kier alpha value is -3.55. The van der Waals surface area contributed by atoms with Crippen LogP contribution >= 0.6 is 0 Å². The molecule has 2 aliphatic rings. The van der Waals surface area contributed by atoms with Gasteiger partial charge in [0.1, 0.15) is 19.8 Å². The Morgan fingerprint density at radius 1 is 0.931 bits per heavy atom. The molecule has 8 nitrogen and oxygen atoms in total. The van der Waals surface area contributed by atoms with Crippen LogP contribution in [0.25, 0.3) is 0 Å². The van der Waals surface area contributed by atoms with E-state index in [9.17, 15) is 14.4 Å². The molecular formula is C21H20N2O6.